The molecule has 1 rings (SSSR count). The Labute approximate surface area is 98.9 Å². The molecule has 5 nitrogen and oxygen atoms in total. The molecule has 1 unspecified atom stereocenters. The summed E-state index contributed by atoms with van der Waals surface area (Å²) in [6, 6.07) is 0. The third kappa shape index (κ3) is 4.02. The topological polar surface area (TPSA) is 75.6 Å². The van der Waals surface area contributed by atoms with Crippen LogP contribution in [0.1, 0.15) is 19.8 Å². The van der Waals surface area contributed by atoms with Crippen molar-refractivity contribution in [2.24, 2.45) is 0 Å². The molecule has 16 heavy (non-hydrogen) atoms. The number of ether oxygens (including phenoxy) is 1. The normalized spacial score (nSPS) is 24.3. The van der Waals surface area contributed by atoms with Gasteiger partial charge in [0.25, 0.3) is 0 Å². The molecule has 92 valence electrons. The number of carbonyl (C=O) groups excluding carboxylic acids is 1. The summed E-state index contributed by atoms with van der Waals surface area (Å²) < 4.78 is 4.51. The van der Waals surface area contributed by atoms with Crippen LogP contribution in [0, 0.1) is 0 Å². The average Bonchev–Trinajstić information content (AvgIpc) is 2.65. The van der Waals surface area contributed by atoms with Gasteiger partial charge in [0.1, 0.15) is 6.61 Å². The van der Waals surface area contributed by atoms with E-state index in [0.29, 0.717) is 6.54 Å². The van der Waals surface area contributed by atoms with E-state index in [1.54, 1.807) is 11.8 Å². The molecular formula is C10H17NO4S. The number of aliphatic carboxylic acids is 1. The lowest BCUT2D eigenvalue weighted by Crippen LogP contribution is -2.41. The highest BCUT2D eigenvalue weighted by Crippen LogP contribution is 2.37. The Hall–Kier alpha value is -0.750. The molecule has 1 atom stereocenters. The van der Waals surface area contributed by atoms with Crippen molar-refractivity contribution in [3.63, 3.8) is 0 Å². The van der Waals surface area contributed by atoms with Gasteiger partial charge < -0.3 is 15.2 Å². The zero-order chi connectivity index (χ0) is 12.0. The summed E-state index contributed by atoms with van der Waals surface area (Å²) in [5.41, 5.74) is 0. The van der Waals surface area contributed by atoms with Crippen LogP contribution in [0.3, 0.4) is 0 Å². The van der Waals surface area contributed by atoms with Gasteiger partial charge >= 0.3 is 5.97 Å². The Kier molecular flexibility index (Phi) is 5.08. The Morgan fingerprint density at radius 3 is 2.88 bits per heavy atom. The molecule has 0 aromatic carbocycles. The molecule has 1 fully saturated rings. The minimum absolute atomic E-state index is 0.0222. The van der Waals surface area contributed by atoms with Gasteiger partial charge in [-0.25, -0.2) is 4.79 Å². The van der Waals surface area contributed by atoms with E-state index < -0.39 is 5.97 Å². The Balaban J connectivity index is 2.13. The number of amides is 1. The molecular weight excluding hydrogens is 230 g/mol. The van der Waals surface area contributed by atoms with E-state index in [9.17, 15) is 9.59 Å². The van der Waals surface area contributed by atoms with Gasteiger partial charge in [0.15, 0.2) is 0 Å². The second-order valence-corrected chi connectivity index (χ2v) is 5.48. The van der Waals surface area contributed by atoms with Gasteiger partial charge in [-0.15, -0.1) is 11.8 Å². The number of carbonyl (C=O) groups is 2. The number of thioether (sulfide) groups is 1. The average molecular weight is 247 g/mol. The molecule has 0 bridgehead atoms. The largest absolute Gasteiger partial charge is 0.480 e. The van der Waals surface area contributed by atoms with E-state index >= 15 is 0 Å². The zero-order valence-electron chi connectivity index (χ0n) is 9.32. The maximum absolute atomic E-state index is 11.8. The highest BCUT2D eigenvalue weighted by atomic mass is 32.2. The third-order valence-corrected chi connectivity index (χ3v) is 3.98. The van der Waals surface area contributed by atoms with Gasteiger partial charge in [0, 0.05) is 6.54 Å². The van der Waals surface area contributed by atoms with Gasteiger partial charge in [0.2, 0.25) is 5.91 Å². The molecule has 2 N–H and O–H groups in total. The molecule has 1 heterocycles. The quantitative estimate of drug-likeness (QED) is 0.668. The van der Waals surface area contributed by atoms with Crippen LogP contribution in [0.5, 0.6) is 0 Å². The summed E-state index contributed by atoms with van der Waals surface area (Å²) in [4.78, 5) is 21.9. The van der Waals surface area contributed by atoms with Crippen molar-refractivity contribution in [1.82, 2.24) is 5.32 Å². The van der Waals surface area contributed by atoms with Gasteiger partial charge in [-0.2, -0.15) is 0 Å². The first-order valence-electron chi connectivity index (χ1n) is 5.26. The van der Waals surface area contributed by atoms with E-state index in [-0.39, 0.29) is 23.9 Å². The van der Waals surface area contributed by atoms with Crippen LogP contribution in [-0.2, 0) is 14.3 Å². The van der Waals surface area contributed by atoms with E-state index in [1.807, 2.05) is 6.92 Å². The number of hydrogen-bond acceptors (Lipinski definition) is 4. The summed E-state index contributed by atoms with van der Waals surface area (Å²) in [6.07, 6.45) is 1.98. The highest BCUT2D eigenvalue weighted by molar-refractivity contribution is 8.01. The van der Waals surface area contributed by atoms with Crippen LogP contribution in [-0.4, -0.2) is 47.2 Å². The van der Waals surface area contributed by atoms with Crippen molar-refractivity contribution in [2.45, 2.75) is 24.5 Å². The van der Waals surface area contributed by atoms with Gasteiger partial charge in [-0.1, -0.05) is 0 Å². The molecule has 1 aliphatic rings. The third-order valence-electron chi connectivity index (χ3n) is 2.46. The van der Waals surface area contributed by atoms with Crippen LogP contribution >= 0.6 is 11.8 Å². The van der Waals surface area contributed by atoms with Gasteiger partial charge in [-0.3, -0.25) is 4.79 Å². The van der Waals surface area contributed by atoms with E-state index in [0.717, 1.165) is 18.6 Å². The lowest BCUT2D eigenvalue weighted by Gasteiger charge is -2.21. The molecule has 1 aliphatic heterocycles. The summed E-state index contributed by atoms with van der Waals surface area (Å²) in [5, 5.41) is 11.1. The van der Waals surface area contributed by atoms with Crippen molar-refractivity contribution in [2.75, 3.05) is 25.5 Å². The number of carboxylic acid groups (broad SMARTS) is 1. The van der Waals surface area contributed by atoms with E-state index in [4.69, 9.17) is 9.84 Å². The number of rotatable bonds is 6. The predicted molar refractivity (Wildman–Crippen MR) is 61.6 cm³/mol. The first-order valence-corrected chi connectivity index (χ1v) is 6.25. The maximum atomic E-state index is 11.8. The van der Waals surface area contributed by atoms with Gasteiger partial charge in [0.05, 0.1) is 11.4 Å². The van der Waals surface area contributed by atoms with Crippen LogP contribution in [0.15, 0.2) is 0 Å². The summed E-state index contributed by atoms with van der Waals surface area (Å²) in [6.45, 7) is 2.22. The molecule has 1 amide bonds. The zero-order valence-corrected chi connectivity index (χ0v) is 10.1. The lowest BCUT2D eigenvalue weighted by atomic mass is 10.1. The van der Waals surface area contributed by atoms with Crippen LogP contribution in [0.4, 0.5) is 0 Å². The second kappa shape index (κ2) is 6.10. The predicted octanol–water partition coefficient (Wildman–Crippen LogP) is 0.489. The highest BCUT2D eigenvalue weighted by Gasteiger charge is 2.36. The molecule has 1 saturated heterocycles. The Morgan fingerprint density at radius 1 is 1.56 bits per heavy atom. The summed E-state index contributed by atoms with van der Waals surface area (Å²) in [7, 11) is 0. The summed E-state index contributed by atoms with van der Waals surface area (Å²) >= 11 is 1.67. The smallest absolute Gasteiger partial charge is 0.329 e. The Morgan fingerprint density at radius 2 is 2.31 bits per heavy atom. The Bertz CT molecular complexity index is 264. The van der Waals surface area contributed by atoms with Crippen LogP contribution in [0.2, 0.25) is 0 Å². The van der Waals surface area contributed by atoms with E-state index in [1.165, 1.54) is 0 Å². The van der Waals surface area contributed by atoms with Crippen molar-refractivity contribution >= 4 is 23.6 Å². The SMILES string of the molecule is CC1(C(=O)NCCOCC(=O)O)CCCS1. The fraction of sp³-hybridized carbons (Fsp3) is 0.800. The minimum atomic E-state index is -0.996. The standard InChI is InChI=1S/C10H17NO4S/c1-10(3-2-6-16-10)9(14)11-4-5-15-7-8(12)13/h2-7H2,1H3,(H,11,14)(H,12,13). The first kappa shape index (κ1) is 13.3. The second-order valence-electron chi connectivity index (χ2n) is 3.89. The maximum Gasteiger partial charge on any atom is 0.329 e. The van der Waals surface area contributed by atoms with Gasteiger partial charge in [-0.05, 0) is 25.5 Å². The van der Waals surface area contributed by atoms with Crippen LogP contribution < -0.4 is 5.32 Å². The minimum Gasteiger partial charge on any atom is -0.480 e. The van der Waals surface area contributed by atoms with Crippen molar-refractivity contribution in [3.8, 4) is 0 Å². The molecule has 6 heteroatoms. The molecule has 0 aromatic heterocycles. The fourth-order valence-corrected chi connectivity index (χ4v) is 2.77. The first-order chi connectivity index (χ1) is 7.54. The van der Waals surface area contributed by atoms with E-state index in [2.05, 4.69) is 5.32 Å². The van der Waals surface area contributed by atoms with Crippen molar-refractivity contribution < 1.29 is 19.4 Å². The number of nitrogens with one attached hydrogen (secondary N) is 1. The molecule has 0 aliphatic carbocycles. The number of carboxylic acids is 1. The van der Waals surface area contributed by atoms with Crippen molar-refractivity contribution in [3.05, 3.63) is 0 Å². The van der Waals surface area contributed by atoms with Crippen LogP contribution in [0.25, 0.3) is 0 Å². The molecule has 0 spiro atoms. The fourth-order valence-electron chi connectivity index (χ4n) is 1.54. The number of hydrogen-bond donors (Lipinski definition) is 2. The molecule has 0 saturated carbocycles. The molecule has 0 radical (unpaired) electrons. The van der Waals surface area contributed by atoms with Crippen molar-refractivity contribution in [1.29, 1.82) is 0 Å². The summed E-state index contributed by atoms with van der Waals surface area (Å²) in [5.74, 6) is 0.0537. The monoisotopic (exact) mass is 247 g/mol. The lowest BCUT2D eigenvalue weighted by molar-refractivity contribution is -0.142. The molecule has 0 aromatic rings.